The highest BCUT2D eigenvalue weighted by Crippen LogP contribution is 2.23. The molecular formula is C18H31N. The van der Waals surface area contributed by atoms with E-state index in [0.29, 0.717) is 6.04 Å². The molecule has 0 aliphatic rings. The Morgan fingerprint density at radius 2 is 1.53 bits per heavy atom. The van der Waals surface area contributed by atoms with Crippen molar-refractivity contribution in [3.05, 3.63) is 35.4 Å². The fourth-order valence-corrected chi connectivity index (χ4v) is 2.76. The predicted octanol–water partition coefficient (Wildman–Crippen LogP) is 4.55. The van der Waals surface area contributed by atoms with Crippen molar-refractivity contribution in [1.29, 1.82) is 0 Å². The lowest BCUT2D eigenvalue weighted by molar-refractivity contribution is 0.349. The Labute approximate surface area is 119 Å². The molecule has 0 amide bonds. The Morgan fingerprint density at radius 3 is 1.89 bits per heavy atom. The maximum Gasteiger partial charge on any atom is 0.0132 e. The summed E-state index contributed by atoms with van der Waals surface area (Å²) in [5, 5.41) is 3.50. The lowest BCUT2D eigenvalue weighted by Crippen LogP contribution is -2.35. The zero-order valence-electron chi connectivity index (χ0n) is 13.6. The average Bonchev–Trinajstić information content (AvgIpc) is 2.38. The van der Waals surface area contributed by atoms with Crippen molar-refractivity contribution in [2.75, 3.05) is 7.05 Å². The van der Waals surface area contributed by atoms with Gasteiger partial charge in [-0.25, -0.2) is 0 Å². The van der Waals surface area contributed by atoms with E-state index in [1.54, 1.807) is 0 Å². The lowest BCUT2D eigenvalue weighted by atomic mass is 9.85. The second-order valence-electron chi connectivity index (χ2n) is 6.62. The molecular weight excluding hydrogens is 230 g/mol. The minimum Gasteiger partial charge on any atom is -0.316 e. The molecule has 0 heterocycles. The maximum atomic E-state index is 3.50. The molecule has 0 bridgehead atoms. The van der Waals surface area contributed by atoms with Crippen molar-refractivity contribution in [2.45, 2.75) is 65.3 Å². The van der Waals surface area contributed by atoms with Gasteiger partial charge < -0.3 is 5.32 Å². The van der Waals surface area contributed by atoms with E-state index in [9.17, 15) is 0 Å². The smallest absolute Gasteiger partial charge is 0.0132 e. The summed E-state index contributed by atoms with van der Waals surface area (Å²) in [5.74, 6) is 0.771. The zero-order chi connectivity index (χ0) is 14.5. The summed E-state index contributed by atoms with van der Waals surface area (Å²) >= 11 is 0. The number of rotatable bonds is 6. The molecule has 0 aliphatic carbocycles. The fraction of sp³-hybridized carbons (Fsp3) is 0.667. The molecule has 1 atom stereocenters. The standard InChI is InChI=1S/C18H31N/c1-7-15(8-2)17(19-6)13-14-9-11-16(12-10-14)18(3,4)5/h9-12,15,17,19H,7-8,13H2,1-6H3. The third kappa shape index (κ3) is 4.65. The van der Waals surface area contributed by atoms with Crippen molar-refractivity contribution in [2.24, 2.45) is 5.92 Å². The Kier molecular flexibility index (Phi) is 6.06. The van der Waals surface area contributed by atoms with E-state index in [1.807, 2.05) is 0 Å². The Bertz CT molecular complexity index is 354. The van der Waals surface area contributed by atoms with Crippen LogP contribution < -0.4 is 5.32 Å². The number of hydrogen-bond donors (Lipinski definition) is 1. The maximum absolute atomic E-state index is 3.50. The number of hydrogen-bond acceptors (Lipinski definition) is 1. The van der Waals surface area contributed by atoms with Crippen molar-refractivity contribution >= 4 is 0 Å². The van der Waals surface area contributed by atoms with E-state index < -0.39 is 0 Å². The first-order valence-electron chi connectivity index (χ1n) is 7.69. The number of likely N-dealkylation sites (N-methyl/N-ethyl adjacent to an activating group) is 1. The highest BCUT2D eigenvalue weighted by atomic mass is 14.9. The molecule has 0 aliphatic heterocycles. The normalized spacial score (nSPS) is 13.8. The van der Waals surface area contributed by atoms with Gasteiger partial charge in [-0.1, -0.05) is 71.7 Å². The Morgan fingerprint density at radius 1 is 1.00 bits per heavy atom. The monoisotopic (exact) mass is 261 g/mol. The Balaban J connectivity index is 2.76. The first-order chi connectivity index (χ1) is 8.92. The second-order valence-corrected chi connectivity index (χ2v) is 6.62. The minimum atomic E-state index is 0.246. The van der Waals surface area contributed by atoms with Crippen LogP contribution >= 0.6 is 0 Å². The molecule has 0 saturated carbocycles. The van der Waals surface area contributed by atoms with Crippen LogP contribution in [0.2, 0.25) is 0 Å². The van der Waals surface area contributed by atoms with Gasteiger partial charge in [-0.3, -0.25) is 0 Å². The number of benzene rings is 1. The zero-order valence-corrected chi connectivity index (χ0v) is 13.6. The molecule has 1 unspecified atom stereocenters. The van der Waals surface area contributed by atoms with Gasteiger partial charge in [0.15, 0.2) is 0 Å². The van der Waals surface area contributed by atoms with E-state index in [0.717, 1.165) is 12.3 Å². The molecule has 108 valence electrons. The molecule has 1 nitrogen and oxygen atoms in total. The summed E-state index contributed by atoms with van der Waals surface area (Å²) in [6, 6.07) is 9.76. The van der Waals surface area contributed by atoms with Crippen LogP contribution in [0.3, 0.4) is 0 Å². The molecule has 0 saturated heterocycles. The summed E-state index contributed by atoms with van der Waals surface area (Å²) in [7, 11) is 2.09. The highest BCUT2D eigenvalue weighted by Gasteiger charge is 2.18. The predicted molar refractivity (Wildman–Crippen MR) is 85.8 cm³/mol. The van der Waals surface area contributed by atoms with Gasteiger partial charge >= 0.3 is 0 Å². The van der Waals surface area contributed by atoms with Crippen LogP contribution in [0.15, 0.2) is 24.3 Å². The minimum absolute atomic E-state index is 0.246. The third-order valence-corrected chi connectivity index (χ3v) is 4.26. The van der Waals surface area contributed by atoms with Crippen LogP contribution in [0.4, 0.5) is 0 Å². The van der Waals surface area contributed by atoms with Crippen LogP contribution in [0.1, 0.15) is 58.6 Å². The molecule has 0 spiro atoms. The molecule has 1 N–H and O–H groups in total. The highest BCUT2D eigenvalue weighted by molar-refractivity contribution is 5.28. The lowest BCUT2D eigenvalue weighted by Gasteiger charge is -2.25. The topological polar surface area (TPSA) is 12.0 Å². The molecule has 1 aromatic carbocycles. The van der Waals surface area contributed by atoms with E-state index >= 15 is 0 Å². The van der Waals surface area contributed by atoms with Gasteiger partial charge in [0.05, 0.1) is 0 Å². The van der Waals surface area contributed by atoms with Crippen molar-refractivity contribution in [3.63, 3.8) is 0 Å². The molecule has 19 heavy (non-hydrogen) atoms. The quantitative estimate of drug-likeness (QED) is 0.792. The van der Waals surface area contributed by atoms with Crippen molar-refractivity contribution < 1.29 is 0 Å². The van der Waals surface area contributed by atoms with Crippen LogP contribution in [0, 0.1) is 5.92 Å². The van der Waals surface area contributed by atoms with Crippen molar-refractivity contribution in [1.82, 2.24) is 5.32 Å². The van der Waals surface area contributed by atoms with E-state index in [2.05, 4.69) is 71.2 Å². The van der Waals surface area contributed by atoms with Crippen LogP contribution in [-0.2, 0) is 11.8 Å². The molecule has 1 rings (SSSR count). The summed E-state index contributed by atoms with van der Waals surface area (Å²) in [5.41, 5.74) is 3.11. The van der Waals surface area contributed by atoms with E-state index in [4.69, 9.17) is 0 Å². The summed E-state index contributed by atoms with van der Waals surface area (Å²) in [6.45, 7) is 11.4. The molecule has 0 radical (unpaired) electrons. The molecule has 0 aromatic heterocycles. The largest absolute Gasteiger partial charge is 0.316 e. The van der Waals surface area contributed by atoms with Gasteiger partial charge in [-0.05, 0) is 35.9 Å². The van der Waals surface area contributed by atoms with E-state index in [1.165, 1.54) is 24.0 Å². The van der Waals surface area contributed by atoms with Crippen molar-refractivity contribution in [3.8, 4) is 0 Å². The fourth-order valence-electron chi connectivity index (χ4n) is 2.76. The van der Waals surface area contributed by atoms with E-state index in [-0.39, 0.29) is 5.41 Å². The average molecular weight is 261 g/mol. The Hall–Kier alpha value is -0.820. The third-order valence-electron chi connectivity index (χ3n) is 4.26. The first-order valence-corrected chi connectivity index (χ1v) is 7.69. The SMILES string of the molecule is CCC(CC)C(Cc1ccc(C(C)(C)C)cc1)NC. The van der Waals surface area contributed by atoms with Crippen LogP contribution in [0.25, 0.3) is 0 Å². The van der Waals surface area contributed by atoms with Gasteiger partial charge in [0.1, 0.15) is 0 Å². The van der Waals surface area contributed by atoms with Crippen LogP contribution in [-0.4, -0.2) is 13.1 Å². The van der Waals surface area contributed by atoms with Gasteiger partial charge in [0.25, 0.3) is 0 Å². The molecule has 1 aromatic rings. The molecule has 1 heteroatoms. The van der Waals surface area contributed by atoms with Gasteiger partial charge in [-0.2, -0.15) is 0 Å². The summed E-state index contributed by atoms with van der Waals surface area (Å²) in [4.78, 5) is 0. The number of nitrogens with one attached hydrogen (secondary N) is 1. The van der Waals surface area contributed by atoms with Gasteiger partial charge in [-0.15, -0.1) is 0 Å². The first kappa shape index (κ1) is 16.2. The van der Waals surface area contributed by atoms with Gasteiger partial charge in [0.2, 0.25) is 0 Å². The van der Waals surface area contributed by atoms with Crippen LogP contribution in [0.5, 0.6) is 0 Å². The summed E-state index contributed by atoms with van der Waals surface area (Å²) in [6.07, 6.45) is 3.64. The molecule has 0 fully saturated rings. The second kappa shape index (κ2) is 7.09. The van der Waals surface area contributed by atoms with Gasteiger partial charge in [0, 0.05) is 6.04 Å². The summed E-state index contributed by atoms with van der Waals surface area (Å²) < 4.78 is 0.